The van der Waals surface area contributed by atoms with E-state index in [0.717, 1.165) is 67.7 Å². The highest BCUT2D eigenvalue weighted by molar-refractivity contribution is 7.90. The van der Waals surface area contributed by atoms with Gasteiger partial charge in [0, 0.05) is 87.1 Å². The van der Waals surface area contributed by atoms with Gasteiger partial charge in [0.25, 0.3) is 20.0 Å². The number of carbonyl (C=O) groups is 1. The van der Waals surface area contributed by atoms with Crippen molar-refractivity contribution in [3.05, 3.63) is 127 Å². The summed E-state index contributed by atoms with van der Waals surface area (Å²) in [5, 5.41) is 29.4. The molecule has 2 aromatic heterocycles. The normalized spacial score (nSPS) is 16.6. The van der Waals surface area contributed by atoms with E-state index in [0.29, 0.717) is 22.5 Å². The second kappa shape index (κ2) is 17.5. The lowest BCUT2D eigenvalue weighted by Crippen LogP contribution is -2.42. The van der Waals surface area contributed by atoms with Gasteiger partial charge < -0.3 is 26.2 Å². The van der Waals surface area contributed by atoms with Crippen LogP contribution < -0.4 is 16.0 Å². The maximum Gasteiger partial charge on any atom is 0.490 e. The summed E-state index contributed by atoms with van der Waals surface area (Å²) < 4.78 is 86.2. The molecule has 1 unspecified atom stereocenters. The molecule has 0 spiro atoms. The molecule has 8 rings (SSSR count). The number of hydrogen-bond acceptors (Lipinski definition) is 10. The number of fused-ring (bicyclic) bond motifs is 2. The van der Waals surface area contributed by atoms with E-state index in [-0.39, 0.29) is 16.7 Å². The molecule has 0 aliphatic carbocycles. The number of aromatic hydroxyl groups is 1. The Balaban J connectivity index is 0.000000166. The number of phenolic OH excluding ortho intramolecular Hbond substituents is 1. The fraction of sp³-hybridized carbons (Fsp3) is 0.256. The van der Waals surface area contributed by atoms with Crippen LogP contribution in [-0.4, -0.2) is 97.9 Å². The van der Waals surface area contributed by atoms with Gasteiger partial charge in [0.05, 0.1) is 20.8 Å². The van der Waals surface area contributed by atoms with Crippen molar-refractivity contribution < 1.29 is 45.0 Å². The first-order chi connectivity index (χ1) is 27.2. The van der Waals surface area contributed by atoms with E-state index in [1.165, 1.54) is 7.94 Å². The number of rotatable bonds is 7. The topological polar surface area (TPSA) is 175 Å². The molecule has 2 aliphatic heterocycles. The highest BCUT2D eigenvalue weighted by atomic mass is 32.2. The van der Waals surface area contributed by atoms with Crippen LogP contribution in [0.15, 0.2) is 125 Å². The summed E-state index contributed by atoms with van der Waals surface area (Å²) in [6.07, 6.45) is -1.87. The summed E-state index contributed by atoms with van der Waals surface area (Å²) in [6.45, 7) is 6.94. The Morgan fingerprint density at radius 1 is 0.684 bits per heavy atom. The fourth-order valence-corrected chi connectivity index (χ4v) is 9.41. The van der Waals surface area contributed by atoms with Crippen molar-refractivity contribution in [1.29, 1.82) is 0 Å². The second-order valence-electron chi connectivity index (χ2n) is 13.2. The number of piperazine rings is 2. The van der Waals surface area contributed by atoms with Crippen LogP contribution in [0.2, 0.25) is 0 Å². The van der Waals surface area contributed by atoms with E-state index < -0.39 is 32.2 Å². The Labute approximate surface area is 327 Å². The zero-order valence-electron chi connectivity index (χ0n) is 30.4. The molecule has 57 heavy (non-hydrogen) atoms. The molecule has 2 fully saturated rings. The number of phenols is 1. The number of benzene rings is 4. The molecule has 1 atom stereocenters. The molecular formula is C39H41F3N6O7S2. The smallest absolute Gasteiger partial charge is 0.490 e. The Morgan fingerprint density at radius 2 is 1.23 bits per heavy atom. The molecule has 4 heterocycles. The molecule has 5 N–H and O–H groups in total. The highest BCUT2D eigenvalue weighted by Gasteiger charge is 2.38. The molecule has 2 aliphatic rings. The lowest BCUT2D eigenvalue weighted by molar-refractivity contribution is -0.192. The van der Waals surface area contributed by atoms with Crippen molar-refractivity contribution >= 4 is 47.8 Å². The van der Waals surface area contributed by atoms with Crippen molar-refractivity contribution in [1.82, 2.24) is 28.8 Å². The maximum absolute atomic E-state index is 13.0. The molecule has 6 aromatic rings. The van der Waals surface area contributed by atoms with E-state index in [1.54, 1.807) is 85.2 Å². The van der Waals surface area contributed by atoms with Crippen LogP contribution in [0.25, 0.3) is 21.8 Å². The van der Waals surface area contributed by atoms with Gasteiger partial charge in [0.1, 0.15) is 5.75 Å². The predicted molar refractivity (Wildman–Crippen MR) is 209 cm³/mol. The summed E-state index contributed by atoms with van der Waals surface area (Å²) in [5.41, 5.74) is 3.19. The van der Waals surface area contributed by atoms with Gasteiger partial charge in [-0.15, -0.1) is 0 Å². The minimum atomic E-state index is -5.08. The molecular weight excluding hydrogens is 786 g/mol. The van der Waals surface area contributed by atoms with E-state index >= 15 is 0 Å². The van der Waals surface area contributed by atoms with Crippen LogP contribution in [0.3, 0.4) is 0 Å². The fourth-order valence-electron chi connectivity index (χ4n) is 6.68. The van der Waals surface area contributed by atoms with Crippen LogP contribution in [0.4, 0.5) is 13.2 Å². The standard InChI is InChI=1S/C19H21N3O3S.C18H19N3O2S.C2HF3O2/c23-19-7-6-18-16(17(19)14-21-12-9-20-10-13-21)8-11-22(18)26(24,25)15-4-2-1-3-5-15;22-24(23,14-5-2-1-3-6-14)21-12-9-16-15(7-4-8-18(16)21)17-13-19-10-11-20-17;3-2(4,5)1(6)7/h1-8,11,20,23H,9-10,12-14H2;1-9,12,17,19-20H,10-11,13H2;(H,6,7). The number of aliphatic carboxylic acids is 1. The maximum atomic E-state index is 13.0. The molecule has 2 saturated heterocycles. The van der Waals surface area contributed by atoms with Gasteiger partial charge in [-0.3, -0.25) is 4.90 Å². The number of nitrogens with zero attached hydrogens (tertiary/aromatic N) is 3. The molecule has 0 bridgehead atoms. The Kier molecular flexibility index (Phi) is 12.7. The molecule has 302 valence electrons. The summed E-state index contributed by atoms with van der Waals surface area (Å²) in [7, 11) is -7.26. The van der Waals surface area contributed by atoms with Crippen LogP contribution in [0.5, 0.6) is 5.75 Å². The van der Waals surface area contributed by atoms with Gasteiger partial charge in [-0.2, -0.15) is 13.2 Å². The lowest BCUT2D eigenvalue weighted by atomic mass is 10.0. The Morgan fingerprint density at radius 3 is 1.75 bits per heavy atom. The number of halogens is 3. The first-order valence-electron chi connectivity index (χ1n) is 17.9. The van der Waals surface area contributed by atoms with Crippen LogP contribution in [0.1, 0.15) is 17.2 Å². The number of aromatic nitrogens is 2. The highest BCUT2D eigenvalue weighted by Crippen LogP contribution is 2.32. The minimum absolute atomic E-state index is 0.192. The number of carboxylic acids is 1. The van der Waals surface area contributed by atoms with Crippen molar-refractivity contribution in [3.63, 3.8) is 0 Å². The Bertz CT molecular complexity index is 2540. The molecule has 0 radical (unpaired) electrons. The summed E-state index contributed by atoms with van der Waals surface area (Å²) in [6, 6.07) is 29.8. The van der Waals surface area contributed by atoms with Crippen LogP contribution in [0, 0.1) is 0 Å². The largest absolute Gasteiger partial charge is 0.508 e. The molecule has 13 nitrogen and oxygen atoms in total. The van der Waals surface area contributed by atoms with Gasteiger partial charge in [-0.25, -0.2) is 29.6 Å². The predicted octanol–water partition coefficient (Wildman–Crippen LogP) is 4.73. The zero-order valence-corrected chi connectivity index (χ0v) is 32.1. The number of nitrogens with one attached hydrogen (secondary N) is 3. The minimum Gasteiger partial charge on any atom is -0.508 e. The van der Waals surface area contributed by atoms with Crippen molar-refractivity contribution in [3.8, 4) is 5.75 Å². The van der Waals surface area contributed by atoms with Crippen LogP contribution in [-0.2, 0) is 31.4 Å². The SMILES string of the molecule is O=C(O)C(F)(F)F.O=S(=O)(c1ccccc1)n1ccc2c(C3CNCCN3)cccc21.O=S(=O)(c1ccccc1)n1ccc2c(CN3CCNCC3)c(O)ccc21. The van der Waals surface area contributed by atoms with E-state index in [4.69, 9.17) is 9.90 Å². The average Bonchev–Trinajstić information content (AvgIpc) is 3.87. The van der Waals surface area contributed by atoms with Crippen molar-refractivity contribution in [2.45, 2.75) is 28.6 Å². The molecule has 0 amide bonds. The first-order valence-corrected chi connectivity index (χ1v) is 20.8. The zero-order chi connectivity index (χ0) is 40.8. The third-order valence-electron chi connectivity index (χ3n) is 9.50. The van der Waals surface area contributed by atoms with Crippen molar-refractivity contribution in [2.24, 2.45) is 0 Å². The summed E-state index contributed by atoms with van der Waals surface area (Å²) in [5.74, 6) is -2.56. The second-order valence-corrected chi connectivity index (χ2v) is 16.8. The first kappa shape index (κ1) is 41.4. The summed E-state index contributed by atoms with van der Waals surface area (Å²) >= 11 is 0. The number of carboxylic acid groups (broad SMARTS) is 1. The van der Waals surface area contributed by atoms with Gasteiger partial charge in [-0.05, 0) is 60.2 Å². The molecule has 18 heteroatoms. The van der Waals surface area contributed by atoms with Crippen LogP contribution >= 0.6 is 0 Å². The van der Waals surface area contributed by atoms with Gasteiger partial charge in [0.2, 0.25) is 0 Å². The van der Waals surface area contributed by atoms with E-state index in [1.807, 2.05) is 24.3 Å². The van der Waals surface area contributed by atoms with Gasteiger partial charge in [-0.1, -0.05) is 48.5 Å². The van der Waals surface area contributed by atoms with Crippen molar-refractivity contribution in [2.75, 3.05) is 45.8 Å². The van der Waals surface area contributed by atoms with Gasteiger partial charge >= 0.3 is 12.1 Å². The Hall–Kier alpha value is -5.24. The lowest BCUT2D eigenvalue weighted by Gasteiger charge is -2.27. The molecule has 0 saturated carbocycles. The van der Waals surface area contributed by atoms with E-state index in [2.05, 4.69) is 26.9 Å². The number of hydrogen-bond donors (Lipinski definition) is 5. The average molecular weight is 827 g/mol. The van der Waals surface area contributed by atoms with E-state index in [9.17, 15) is 35.1 Å². The third kappa shape index (κ3) is 9.33. The molecule has 4 aromatic carbocycles. The van der Waals surface area contributed by atoms with Gasteiger partial charge in [0.15, 0.2) is 0 Å². The third-order valence-corrected chi connectivity index (χ3v) is 12.9. The monoisotopic (exact) mass is 826 g/mol. The summed E-state index contributed by atoms with van der Waals surface area (Å²) in [4.78, 5) is 11.7. The number of alkyl halides is 3. The quantitative estimate of drug-likeness (QED) is 0.151.